The predicted molar refractivity (Wildman–Crippen MR) is 50.2 cm³/mol. The van der Waals surface area contributed by atoms with Crippen molar-refractivity contribution < 1.29 is 13.5 Å². The summed E-state index contributed by atoms with van der Waals surface area (Å²) in [4.78, 5) is 0. The maximum atomic E-state index is 12.8. The third-order valence-corrected chi connectivity index (χ3v) is 2.11. The summed E-state index contributed by atoms with van der Waals surface area (Å²) >= 11 is 5.69. The monoisotopic (exact) mass is 221 g/mol. The molecular weight excluding hydrogens is 212 g/mol. The molecule has 0 saturated heterocycles. The molecule has 2 nitrogen and oxygen atoms in total. The van der Waals surface area contributed by atoms with Crippen molar-refractivity contribution in [2.75, 3.05) is 13.7 Å². The molecule has 0 aliphatic rings. The first kappa shape index (κ1) is 11.4. The van der Waals surface area contributed by atoms with E-state index < -0.39 is 17.7 Å². The van der Waals surface area contributed by atoms with Gasteiger partial charge in [-0.2, -0.15) is 0 Å². The average molecular weight is 222 g/mol. The molecule has 1 atom stereocenters. The van der Waals surface area contributed by atoms with Gasteiger partial charge in [-0.15, -0.1) is 0 Å². The van der Waals surface area contributed by atoms with Crippen LogP contribution in [0.15, 0.2) is 12.1 Å². The van der Waals surface area contributed by atoms with E-state index in [9.17, 15) is 8.78 Å². The minimum atomic E-state index is -0.983. The summed E-state index contributed by atoms with van der Waals surface area (Å²) in [6.07, 6.45) is 0. The minimum absolute atomic E-state index is 0.105. The largest absolute Gasteiger partial charge is 0.383 e. The average Bonchev–Trinajstić information content (AvgIpc) is 2.11. The van der Waals surface area contributed by atoms with Crippen LogP contribution in [0.5, 0.6) is 0 Å². The van der Waals surface area contributed by atoms with Gasteiger partial charge in [-0.1, -0.05) is 11.6 Å². The van der Waals surface area contributed by atoms with Crippen molar-refractivity contribution in [3.8, 4) is 0 Å². The highest BCUT2D eigenvalue weighted by Gasteiger charge is 2.14. The van der Waals surface area contributed by atoms with E-state index in [1.165, 1.54) is 7.11 Å². The minimum Gasteiger partial charge on any atom is -0.383 e. The molecule has 0 fully saturated rings. The van der Waals surface area contributed by atoms with Gasteiger partial charge in [0, 0.05) is 12.1 Å². The van der Waals surface area contributed by atoms with E-state index in [1.54, 1.807) is 0 Å². The van der Waals surface area contributed by atoms with Gasteiger partial charge >= 0.3 is 0 Å². The van der Waals surface area contributed by atoms with E-state index in [4.69, 9.17) is 22.1 Å². The second kappa shape index (κ2) is 4.68. The Balaban J connectivity index is 3.02. The summed E-state index contributed by atoms with van der Waals surface area (Å²) in [6, 6.07) is 1.34. The molecule has 2 N–H and O–H groups in total. The van der Waals surface area contributed by atoms with Crippen LogP contribution in [0.4, 0.5) is 8.78 Å². The molecule has 0 spiro atoms. The van der Waals surface area contributed by atoms with Crippen molar-refractivity contribution in [3.63, 3.8) is 0 Å². The fourth-order valence-corrected chi connectivity index (χ4v) is 1.38. The van der Waals surface area contributed by atoms with Crippen LogP contribution in [0.2, 0.25) is 5.02 Å². The van der Waals surface area contributed by atoms with Crippen LogP contribution in [-0.2, 0) is 4.74 Å². The molecule has 0 heterocycles. The fourth-order valence-electron chi connectivity index (χ4n) is 1.09. The smallest absolute Gasteiger partial charge is 0.160 e. The molecule has 0 amide bonds. The molecule has 0 aromatic heterocycles. The number of nitrogens with two attached hydrogens (primary N) is 1. The predicted octanol–water partition coefficient (Wildman–Crippen LogP) is 2.26. The Morgan fingerprint density at radius 3 is 2.57 bits per heavy atom. The van der Waals surface area contributed by atoms with Crippen LogP contribution >= 0.6 is 11.6 Å². The summed E-state index contributed by atoms with van der Waals surface area (Å²) in [5, 5.41) is 0.105. The Morgan fingerprint density at radius 1 is 1.43 bits per heavy atom. The Hall–Kier alpha value is -0.710. The first-order valence-electron chi connectivity index (χ1n) is 3.95. The highest BCUT2D eigenvalue weighted by Crippen LogP contribution is 2.24. The molecule has 1 rings (SSSR count). The van der Waals surface area contributed by atoms with Gasteiger partial charge in [0.1, 0.15) is 0 Å². The Kier molecular flexibility index (Phi) is 3.80. The molecule has 5 heteroatoms. The zero-order valence-corrected chi connectivity index (χ0v) is 8.31. The van der Waals surface area contributed by atoms with E-state index in [0.29, 0.717) is 5.56 Å². The second-order valence-corrected chi connectivity index (χ2v) is 3.26. The van der Waals surface area contributed by atoms with E-state index in [-0.39, 0.29) is 11.6 Å². The SMILES string of the molecule is COC[C@@H](N)c1cc(F)c(F)cc1Cl. The normalized spacial score (nSPS) is 12.9. The van der Waals surface area contributed by atoms with Crippen LogP contribution in [0, 0.1) is 11.6 Å². The number of rotatable bonds is 3. The molecule has 1 aromatic carbocycles. The van der Waals surface area contributed by atoms with Crippen molar-refractivity contribution in [3.05, 3.63) is 34.4 Å². The van der Waals surface area contributed by atoms with E-state index in [2.05, 4.69) is 0 Å². The standard InChI is InChI=1S/C9H10ClF2NO/c1-14-4-9(13)5-2-7(11)8(12)3-6(5)10/h2-3,9H,4,13H2,1H3/t9-/m1/s1. The molecule has 0 bridgehead atoms. The molecule has 14 heavy (non-hydrogen) atoms. The van der Waals surface area contributed by atoms with Gasteiger partial charge in [0.25, 0.3) is 0 Å². The molecular formula is C9H10ClF2NO. The Bertz CT molecular complexity index is 333. The number of halogens is 3. The highest BCUT2D eigenvalue weighted by atomic mass is 35.5. The zero-order valence-electron chi connectivity index (χ0n) is 7.56. The van der Waals surface area contributed by atoms with Gasteiger partial charge in [0.05, 0.1) is 12.6 Å². The van der Waals surface area contributed by atoms with E-state index in [1.807, 2.05) is 0 Å². The van der Waals surface area contributed by atoms with Crippen molar-refractivity contribution in [2.45, 2.75) is 6.04 Å². The van der Waals surface area contributed by atoms with Gasteiger partial charge in [-0.3, -0.25) is 0 Å². The van der Waals surface area contributed by atoms with Crippen LogP contribution in [0.25, 0.3) is 0 Å². The van der Waals surface area contributed by atoms with Crippen LogP contribution in [0.1, 0.15) is 11.6 Å². The van der Waals surface area contributed by atoms with Gasteiger partial charge in [0.2, 0.25) is 0 Å². The molecule has 78 valence electrons. The van der Waals surface area contributed by atoms with Crippen molar-refractivity contribution in [1.82, 2.24) is 0 Å². The zero-order chi connectivity index (χ0) is 10.7. The quantitative estimate of drug-likeness (QED) is 0.795. The lowest BCUT2D eigenvalue weighted by Crippen LogP contribution is -2.17. The number of hydrogen-bond acceptors (Lipinski definition) is 2. The molecule has 0 radical (unpaired) electrons. The number of methoxy groups -OCH3 is 1. The first-order valence-corrected chi connectivity index (χ1v) is 4.33. The summed E-state index contributed by atoms with van der Waals surface area (Å²) in [5.41, 5.74) is 5.97. The lowest BCUT2D eigenvalue weighted by Gasteiger charge is -2.12. The summed E-state index contributed by atoms with van der Waals surface area (Å²) in [6.45, 7) is 0.199. The van der Waals surface area contributed by atoms with Crippen LogP contribution < -0.4 is 5.73 Å². The maximum absolute atomic E-state index is 12.8. The molecule has 0 aliphatic carbocycles. The maximum Gasteiger partial charge on any atom is 0.160 e. The van der Waals surface area contributed by atoms with Gasteiger partial charge in [-0.05, 0) is 17.7 Å². The number of benzene rings is 1. The number of hydrogen-bond donors (Lipinski definition) is 1. The summed E-state index contributed by atoms with van der Waals surface area (Å²) < 4.78 is 30.3. The van der Waals surface area contributed by atoms with Gasteiger partial charge in [0.15, 0.2) is 11.6 Å². The van der Waals surface area contributed by atoms with Crippen LogP contribution in [0.3, 0.4) is 0 Å². The lowest BCUT2D eigenvalue weighted by atomic mass is 10.1. The molecule has 0 aliphatic heterocycles. The van der Waals surface area contributed by atoms with Gasteiger partial charge < -0.3 is 10.5 Å². The molecule has 0 unspecified atom stereocenters. The van der Waals surface area contributed by atoms with Crippen molar-refractivity contribution in [1.29, 1.82) is 0 Å². The van der Waals surface area contributed by atoms with E-state index in [0.717, 1.165) is 12.1 Å². The molecule has 1 aromatic rings. The number of ether oxygens (including phenoxy) is 1. The van der Waals surface area contributed by atoms with Crippen molar-refractivity contribution >= 4 is 11.6 Å². The Morgan fingerprint density at radius 2 is 2.00 bits per heavy atom. The summed E-state index contributed by atoms with van der Waals surface area (Å²) in [7, 11) is 1.47. The third kappa shape index (κ3) is 2.41. The topological polar surface area (TPSA) is 35.2 Å². The first-order chi connectivity index (χ1) is 6.56. The Labute approximate surface area is 85.6 Å². The second-order valence-electron chi connectivity index (χ2n) is 2.85. The van der Waals surface area contributed by atoms with Crippen LogP contribution in [-0.4, -0.2) is 13.7 Å². The highest BCUT2D eigenvalue weighted by molar-refractivity contribution is 6.31. The summed E-state index contributed by atoms with van der Waals surface area (Å²) in [5.74, 6) is -1.95. The third-order valence-electron chi connectivity index (χ3n) is 1.79. The lowest BCUT2D eigenvalue weighted by molar-refractivity contribution is 0.181. The fraction of sp³-hybridized carbons (Fsp3) is 0.333. The van der Waals surface area contributed by atoms with E-state index >= 15 is 0 Å². The molecule has 0 saturated carbocycles. The van der Waals surface area contributed by atoms with Gasteiger partial charge in [-0.25, -0.2) is 8.78 Å². The van der Waals surface area contributed by atoms with Crippen molar-refractivity contribution in [2.24, 2.45) is 5.73 Å².